The number of alkyl halides is 3. The zero-order valence-electron chi connectivity index (χ0n) is 21.0. The van der Waals surface area contributed by atoms with E-state index < -0.39 is 49.1 Å². The molecule has 1 saturated heterocycles. The molecule has 1 aliphatic rings. The monoisotopic (exact) mass is 555 g/mol. The molecule has 15 heteroatoms. The maximum absolute atomic E-state index is 13.2. The quantitative estimate of drug-likeness (QED) is 0.454. The van der Waals surface area contributed by atoms with E-state index in [0.29, 0.717) is 5.69 Å². The summed E-state index contributed by atoms with van der Waals surface area (Å²) in [5, 5.41) is 15.6. The highest BCUT2D eigenvalue weighted by Gasteiger charge is 2.33. The van der Waals surface area contributed by atoms with Crippen LogP contribution in [0.1, 0.15) is 30.3 Å². The van der Waals surface area contributed by atoms with Crippen LogP contribution in [-0.2, 0) is 14.3 Å². The molecular weight excluding hydrogens is 527 g/mol. The van der Waals surface area contributed by atoms with Gasteiger partial charge in [0.05, 0.1) is 12.3 Å². The van der Waals surface area contributed by atoms with Crippen molar-refractivity contribution in [3.8, 4) is 11.6 Å². The van der Waals surface area contributed by atoms with E-state index in [1.807, 2.05) is 0 Å². The number of carboxylic acid groups (broad SMARTS) is 1. The fraction of sp³-hybridized carbons (Fsp3) is 0.458. The highest BCUT2D eigenvalue weighted by Crippen LogP contribution is 2.23. The number of para-hydroxylation sites is 1. The van der Waals surface area contributed by atoms with Gasteiger partial charge >= 0.3 is 18.2 Å². The summed E-state index contributed by atoms with van der Waals surface area (Å²) < 4.78 is 49.2. The van der Waals surface area contributed by atoms with Gasteiger partial charge in [-0.15, -0.1) is 0 Å². The zero-order valence-corrected chi connectivity index (χ0v) is 21.0. The Kier molecular flexibility index (Phi) is 9.73. The Balaban J connectivity index is 1.77. The number of rotatable bonds is 10. The van der Waals surface area contributed by atoms with Crippen LogP contribution in [0.5, 0.6) is 5.88 Å². The summed E-state index contributed by atoms with van der Waals surface area (Å²) in [6.07, 6.45) is -5.83. The fourth-order valence-electron chi connectivity index (χ4n) is 3.79. The van der Waals surface area contributed by atoms with Crippen LogP contribution in [0.4, 0.5) is 18.0 Å². The van der Waals surface area contributed by atoms with Gasteiger partial charge in [0.25, 0.3) is 5.91 Å². The molecule has 212 valence electrons. The van der Waals surface area contributed by atoms with Crippen LogP contribution in [0.3, 0.4) is 0 Å². The van der Waals surface area contributed by atoms with Gasteiger partial charge in [-0.25, -0.2) is 9.48 Å². The molecular formula is C24H28F3N5O7. The third-order valence-electron chi connectivity index (χ3n) is 5.66. The highest BCUT2D eigenvalue weighted by atomic mass is 19.4. The van der Waals surface area contributed by atoms with Crippen molar-refractivity contribution >= 4 is 23.9 Å². The van der Waals surface area contributed by atoms with Crippen molar-refractivity contribution in [3.05, 3.63) is 42.1 Å². The molecule has 0 spiro atoms. The lowest BCUT2D eigenvalue weighted by Gasteiger charge is -2.35. The molecule has 0 aliphatic carbocycles. The average molecular weight is 556 g/mol. The number of nitrogens with zero attached hydrogens (tertiary/aromatic N) is 4. The first-order valence-electron chi connectivity index (χ1n) is 12.1. The number of hydrogen-bond acceptors (Lipinski definition) is 7. The van der Waals surface area contributed by atoms with Gasteiger partial charge in [0.1, 0.15) is 6.04 Å². The van der Waals surface area contributed by atoms with Crippen molar-refractivity contribution < 1.29 is 46.9 Å². The molecule has 1 fully saturated rings. The average Bonchev–Trinajstić information content (AvgIpc) is 3.34. The third kappa shape index (κ3) is 8.35. The van der Waals surface area contributed by atoms with Crippen molar-refractivity contribution in [2.45, 2.75) is 32.0 Å². The number of halogens is 3. The number of piperazine rings is 1. The first-order chi connectivity index (χ1) is 18.5. The van der Waals surface area contributed by atoms with E-state index in [2.05, 4.69) is 10.4 Å². The second kappa shape index (κ2) is 13.0. The molecule has 2 aromatic rings. The van der Waals surface area contributed by atoms with Gasteiger partial charge in [0.15, 0.2) is 12.3 Å². The van der Waals surface area contributed by atoms with Gasteiger partial charge in [-0.1, -0.05) is 18.2 Å². The number of carbonyl (C=O) groups is 4. The summed E-state index contributed by atoms with van der Waals surface area (Å²) in [6.45, 7) is 0.886. The topological polar surface area (TPSA) is 143 Å². The predicted molar refractivity (Wildman–Crippen MR) is 128 cm³/mol. The molecule has 2 N–H and O–H groups in total. The fourth-order valence-corrected chi connectivity index (χ4v) is 3.79. The largest absolute Gasteiger partial charge is 0.481 e. The normalized spacial score (nSPS) is 14.5. The summed E-state index contributed by atoms with van der Waals surface area (Å²) in [5.41, 5.74) is -0.0111. The van der Waals surface area contributed by atoms with E-state index in [9.17, 15) is 32.3 Å². The number of amides is 3. The molecule has 1 atom stereocenters. The highest BCUT2D eigenvalue weighted by molar-refractivity contribution is 5.96. The van der Waals surface area contributed by atoms with Crippen LogP contribution in [0, 0.1) is 0 Å². The van der Waals surface area contributed by atoms with E-state index in [1.54, 1.807) is 37.3 Å². The molecule has 39 heavy (non-hydrogen) atoms. The molecule has 0 unspecified atom stereocenters. The van der Waals surface area contributed by atoms with E-state index in [1.165, 1.54) is 9.80 Å². The predicted octanol–water partition coefficient (Wildman–Crippen LogP) is 2.08. The number of aromatic nitrogens is 2. The molecule has 0 bridgehead atoms. The van der Waals surface area contributed by atoms with Crippen molar-refractivity contribution in [2.75, 3.05) is 39.4 Å². The Morgan fingerprint density at radius 2 is 1.72 bits per heavy atom. The van der Waals surface area contributed by atoms with Gasteiger partial charge in [-0.3, -0.25) is 14.4 Å². The van der Waals surface area contributed by atoms with Crippen molar-refractivity contribution in [1.29, 1.82) is 0 Å². The van der Waals surface area contributed by atoms with Crippen LogP contribution in [0.15, 0.2) is 36.4 Å². The summed E-state index contributed by atoms with van der Waals surface area (Å²) in [6, 6.07) is 7.75. The second-order valence-electron chi connectivity index (χ2n) is 8.49. The first kappa shape index (κ1) is 29.3. The summed E-state index contributed by atoms with van der Waals surface area (Å²) >= 11 is 0. The minimum atomic E-state index is -4.64. The molecule has 2 heterocycles. The lowest BCUT2D eigenvalue weighted by Crippen LogP contribution is -2.56. The lowest BCUT2D eigenvalue weighted by molar-refractivity contribution is -0.154. The van der Waals surface area contributed by atoms with Crippen molar-refractivity contribution in [2.24, 2.45) is 0 Å². The smallest absolute Gasteiger partial charge is 0.422 e. The van der Waals surface area contributed by atoms with Crippen LogP contribution in [0.2, 0.25) is 0 Å². The van der Waals surface area contributed by atoms with Gasteiger partial charge in [0, 0.05) is 38.7 Å². The molecule has 3 amide bonds. The van der Waals surface area contributed by atoms with E-state index in [4.69, 9.17) is 14.6 Å². The Hall–Kier alpha value is -4.30. The number of carboxylic acids is 1. The minimum Gasteiger partial charge on any atom is -0.481 e. The van der Waals surface area contributed by atoms with Gasteiger partial charge in [-0.05, 0) is 25.5 Å². The number of carbonyl (C=O) groups excluding carboxylic acids is 3. The standard InChI is InChI=1S/C24H28F3N5O7/c1-2-38-23(37)31-12-10-30(11-13-31)22(36)17(8-9-20(33)34)28-21(35)18-14-19(39-15-24(25,26)27)32(29-18)16-6-4-3-5-7-16/h3-7,14,17H,2,8-13,15H2,1H3,(H,28,35)(H,33,34)/t17-/m0/s1. The summed E-state index contributed by atoms with van der Waals surface area (Å²) in [5.74, 6) is -3.02. The van der Waals surface area contributed by atoms with E-state index >= 15 is 0 Å². The van der Waals surface area contributed by atoms with Crippen molar-refractivity contribution in [1.82, 2.24) is 24.9 Å². The summed E-state index contributed by atoms with van der Waals surface area (Å²) in [4.78, 5) is 52.2. The molecule has 0 radical (unpaired) electrons. The van der Waals surface area contributed by atoms with Crippen LogP contribution in [-0.4, -0.2) is 100 Å². The molecule has 1 aromatic carbocycles. The Morgan fingerprint density at radius 3 is 2.31 bits per heavy atom. The molecule has 3 rings (SSSR count). The van der Waals surface area contributed by atoms with E-state index in [0.717, 1.165) is 10.7 Å². The zero-order chi connectivity index (χ0) is 28.6. The molecule has 12 nitrogen and oxygen atoms in total. The number of aliphatic carboxylic acids is 1. The van der Waals surface area contributed by atoms with Gasteiger partial charge in [0.2, 0.25) is 11.8 Å². The summed E-state index contributed by atoms with van der Waals surface area (Å²) in [7, 11) is 0. The lowest BCUT2D eigenvalue weighted by atomic mass is 10.1. The third-order valence-corrected chi connectivity index (χ3v) is 5.66. The van der Waals surface area contributed by atoms with Crippen LogP contribution >= 0.6 is 0 Å². The molecule has 0 saturated carbocycles. The number of hydrogen-bond donors (Lipinski definition) is 2. The minimum absolute atomic E-state index is 0.134. The van der Waals surface area contributed by atoms with Gasteiger partial charge in [-0.2, -0.15) is 18.3 Å². The maximum Gasteiger partial charge on any atom is 0.422 e. The maximum atomic E-state index is 13.2. The molecule has 1 aromatic heterocycles. The Morgan fingerprint density at radius 1 is 1.08 bits per heavy atom. The Bertz CT molecular complexity index is 1160. The number of ether oxygens (including phenoxy) is 2. The SMILES string of the molecule is CCOC(=O)N1CCN(C(=O)[C@H](CCC(=O)O)NC(=O)c2cc(OCC(F)(F)F)n(-c3ccccc3)n2)CC1. The van der Waals surface area contributed by atoms with Gasteiger partial charge < -0.3 is 29.7 Å². The second-order valence-corrected chi connectivity index (χ2v) is 8.49. The Labute approximate surface area is 221 Å². The number of nitrogens with one attached hydrogen (secondary N) is 1. The van der Waals surface area contributed by atoms with Crippen LogP contribution < -0.4 is 10.1 Å². The van der Waals surface area contributed by atoms with E-state index in [-0.39, 0.29) is 50.8 Å². The first-order valence-corrected chi connectivity index (χ1v) is 12.1. The van der Waals surface area contributed by atoms with Crippen molar-refractivity contribution in [3.63, 3.8) is 0 Å². The number of benzene rings is 1. The van der Waals surface area contributed by atoms with Crippen LogP contribution in [0.25, 0.3) is 5.69 Å². The molecule has 1 aliphatic heterocycles.